The molecular formula is C27H34ClN5O3. The van der Waals surface area contributed by atoms with Crippen molar-refractivity contribution in [2.24, 2.45) is 0 Å². The Kier molecular flexibility index (Phi) is 8.38. The number of piperazine rings is 1. The van der Waals surface area contributed by atoms with Crippen molar-refractivity contribution in [1.29, 1.82) is 0 Å². The number of ether oxygens (including phenoxy) is 3. The molecule has 3 aromatic rings. The molecule has 2 aromatic carbocycles. The third-order valence-electron chi connectivity index (χ3n) is 6.88. The maximum atomic E-state index is 5.58. The lowest BCUT2D eigenvalue weighted by molar-refractivity contribution is 0.239. The van der Waals surface area contributed by atoms with Crippen LogP contribution in [-0.4, -0.2) is 68.9 Å². The van der Waals surface area contributed by atoms with Crippen LogP contribution in [0.15, 0.2) is 48.7 Å². The number of rotatable bonds is 7. The summed E-state index contributed by atoms with van der Waals surface area (Å²) in [6.07, 6.45) is 2.94. The summed E-state index contributed by atoms with van der Waals surface area (Å²) in [4.78, 5) is 16.8. The van der Waals surface area contributed by atoms with Gasteiger partial charge in [-0.3, -0.25) is 4.90 Å². The minimum absolute atomic E-state index is 0. The average Bonchev–Trinajstić information content (AvgIpc) is 2.93. The number of hydrogen-bond donors (Lipinski definition) is 0. The van der Waals surface area contributed by atoms with E-state index in [4.69, 9.17) is 24.2 Å². The first-order chi connectivity index (χ1) is 17.2. The van der Waals surface area contributed by atoms with Crippen molar-refractivity contribution in [3.05, 3.63) is 65.5 Å². The first kappa shape index (κ1) is 25.9. The lowest BCUT2D eigenvalue weighted by Crippen LogP contribution is -2.47. The van der Waals surface area contributed by atoms with E-state index in [9.17, 15) is 0 Å². The number of benzene rings is 2. The van der Waals surface area contributed by atoms with Gasteiger partial charge in [-0.2, -0.15) is 0 Å². The highest BCUT2D eigenvalue weighted by molar-refractivity contribution is 5.85. The molecular weight excluding hydrogens is 478 g/mol. The molecule has 0 spiro atoms. The van der Waals surface area contributed by atoms with Crippen LogP contribution in [0.4, 0.5) is 11.6 Å². The predicted molar refractivity (Wildman–Crippen MR) is 144 cm³/mol. The van der Waals surface area contributed by atoms with Crippen molar-refractivity contribution in [3.63, 3.8) is 0 Å². The minimum atomic E-state index is 0. The van der Waals surface area contributed by atoms with Gasteiger partial charge in [0.1, 0.15) is 17.2 Å². The second kappa shape index (κ2) is 11.7. The van der Waals surface area contributed by atoms with Crippen molar-refractivity contribution in [2.75, 3.05) is 63.9 Å². The molecule has 3 heterocycles. The first-order valence-corrected chi connectivity index (χ1v) is 12.1. The molecule has 2 aliphatic rings. The van der Waals surface area contributed by atoms with Gasteiger partial charge in [0, 0.05) is 75.6 Å². The van der Waals surface area contributed by atoms with E-state index in [1.807, 2.05) is 30.5 Å². The molecule has 0 radical (unpaired) electrons. The number of halogens is 1. The number of para-hydroxylation sites is 2. The lowest BCUT2D eigenvalue weighted by Gasteiger charge is -2.37. The van der Waals surface area contributed by atoms with Gasteiger partial charge in [0.15, 0.2) is 0 Å². The third kappa shape index (κ3) is 5.44. The van der Waals surface area contributed by atoms with Crippen LogP contribution in [0.5, 0.6) is 17.2 Å². The number of hydrogen-bond acceptors (Lipinski definition) is 8. The van der Waals surface area contributed by atoms with E-state index < -0.39 is 0 Å². The van der Waals surface area contributed by atoms with Crippen LogP contribution in [-0.2, 0) is 19.5 Å². The van der Waals surface area contributed by atoms with E-state index in [0.29, 0.717) is 0 Å². The van der Waals surface area contributed by atoms with Gasteiger partial charge in [-0.1, -0.05) is 18.2 Å². The summed E-state index contributed by atoms with van der Waals surface area (Å²) < 4.78 is 16.5. The Morgan fingerprint density at radius 3 is 2.33 bits per heavy atom. The molecule has 9 heteroatoms. The number of aromatic nitrogens is 2. The fourth-order valence-electron chi connectivity index (χ4n) is 4.91. The molecule has 0 bridgehead atoms. The van der Waals surface area contributed by atoms with Crippen LogP contribution in [0.1, 0.15) is 16.8 Å². The van der Waals surface area contributed by atoms with Crippen LogP contribution in [0, 0.1) is 0 Å². The Hall–Kier alpha value is -3.23. The number of nitrogens with zero attached hydrogens (tertiary/aromatic N) is 5. The van der Waals surface area contributed by atoms with Crippen molar-refractivity contribution in [3.8, 4) is 17.2 Å². The van der Waals surface area contributed by atoms with Crippen LogP contribution in [0.3, 0.4) is 0 Å². The van der Waals surface area contributed by atoms with Gasteiger partial charge in [-0.25, -0.2) is 9.97 Å². The Bertz CT molecular complexity index is 1170. The fourth-order valence-corrected chi connectivity index (χ4v) is 4.91. The highest BCUT2D eigenvalue weighted by atomic mass is 35.5. The van der Waals surface area contributed by atoms with Crippen LogP contribution < -0.4 is 24.0 Å². The predicted octanol–water partition coefficient (Wildman–Crippen LogP) is 3.81. The number of anilines is 2. The molecule has 1 saturated heterocycles. The van der Waals surface area contributed by atoms with Crippen LogP contribution in [0.2, 0.25) is 0 Å². The van der Waals surface area contributed by atoms with E-state index in [1.54, 1.807) is 21.3 Å². The van der Waals surface area contributed by atoms with Gasteiger partial charge in [0.2, 0.25) is 5.95 Å². The summed E-state index contributed by atoms with van der Waals surface area (Å²) in [5.41, 5.74) is 4.68. The molecule has 0 saturated carbocycles. The smallest absolute Gasteiger partial charge is 0.225 e. The van der Waals surface area contributed by atoms with E-state index in [2.05, 4.69) is 32.9 Å². The van der Waals surface area contributed by atoms with Gasteiger partial charge in [0.25, 0.3) is 0 Å². The maximum Gasteiger partial charge on any atom is 0.225 e. The van der Waals surface area contributed by atoms with Crippen LogP contribution in [0.25, 0.3) is 0 Å². The molecule has 1 aromatic heterocycles. The van der Waals surface area contributed by atoms with E-state index in [0.717, 1.165) is 86.7 Å². The van der Waals surface area contributed by atoms with Crippen molar-refractivity contribution >= 4 is 24.0 Å². The molecule has 0 amide bonds. The normalized spacial score (nSPS) is 15.6. The monoisotopic (exact) mass is 511 g/mol. The Morgan fingerprint density at radius 1 is 0.833 bits per heavy atom. The minimum Gasteiger partial charge on any atom is -0.497 e. The van der Waals surface area contributed by atoms with Gasteiger partial charge >= 0.3 is 0 Å². The summed E-state index contributed by atoms with van der Waals surface area (Å²) in [6.45, 7) is 6.23. The fraction of sp³-hybridized carbons (Fsp3) is 0.407. The van der Waals surface area contributed by atoms with Gasteiger partial charge in [-0.05, 0) is 18.2 Å². The maximum absolute atomic E-state index is 5.58. The van der Waals surface area contributed by atoms with Crippen LogP contribution >= 0.6 is 12.4 Å². The van der Waals surface area contributed by atoms with Gasteiger partial charge < -0.3 is 24.0 Å². The zero-order chi connectivity index (χ0) is 24.2. The van der Waals surface area contributed by atoms with E-state index in [-0.39, 0.29) is 12.4 Å². The van der Waals surface area contributed by atoms with Gasteiger partial charge in [-0.15, -0.1) is 12.4 Å². The summed E-state index contributed by atoms with van der Waals surface area (Å²) in [5.74, 6) is 3.42. The van der Waals surface area contributed by atoms with E-state index in [1.165, 1.54) is 11.3 Å². The molecule has 8 nitrogen and oxygen atoms in total. The van der Waals surface area contributed by atoms with Crippen molar-refractivity contribution in [2.45, 2.75) is 19.5 Å². The van der Waals surface area contributed by atoms with Crippen molar-refractivity contribution < 1.29 is 14.2 Å². The summed E-state index contributed by atoms with van der Waals surface area (Å²) >= 11 is 0. The molecule has 36 heavy (non-hydrogen) atoms. The molecule has 5 rings (SSSR count). The SMILES string of the molecule is COc1ccc(CN2CCc3nc(N4CCN(c5ccccc5OC)CC4)ncc3C2)c(OC)c1.Cl. The molecule has 192 valence electrons. The molecule has 2 aliphatic heterocycles. The standard InChI is InChI=1S/C27H33N5O3.ClH/c1-33-22-9-8-20(26(16-22)35-3)18-30-11-10-23-21(19-30)17-28-27(29-23)32-14-12-31(13-15-32)24-6-4-5-7-25(24)34-2;/h4-9,16-17H,10-15,18-19H2,1-3H3;1H. The number of methoxy groups -OCH3 is 3. The van der Waals surface area contributed by atoms with Gasteiger partial charge in [0.05, 0.1) is 32.7 Å². The largest absolute Gasteiger partial charge is 0.497 e. The quantitative estimate of drug-likeness (QED) is 0.474. The Balaban J connectivity index is 0.00000304. The average molecular weight is 512 g/mol. The zero-order valence-electron chi connectivity index (χ0n) is 21.1. The first-order valence-electron chi connectivity index (χ1n) is 12.1. The summed E-state index contributed by atoms with van der Waals surface area (Å²) in [5, 5.41) is 0. The highest BCUT2D eigenvalue weighted by Gasteiger charge is 2.24. The number of fused-ring (bicyclic) bond motifs is 1. The molecule has 0 N–H and O–H groups in total. The molecule has 0 aliphatic carbocycles. The summed E-state index contributed by atoms with van der Waals surface area (Å²) in [6, 6.07) is 14.2. The Morgan fingerprint density at radius 2 is 1.58 bits per heavy atom. The summed E-state index contributed by atoms with van der Waals surface area (Å²) in [7, 11) is 5.10. The Labute approximate surface area is 219 Å². The van der Waals surface area contributed by atoms with Crippen molar-refractivity contribution in [1.82, 2.24) is 14.9 Å². The zero-order valence-corrected chi connectivity index (χ0v) is 22.0. The molecule has 0 unspecified atom stereocenters. The third-order valence-corrected chi connectivity index (χ3v) is 6.88. The van der Waals surface area contributed by atoms with E-state index >= 15 is 0 Å². The molecule has 1 fully saturated rings. The second-order valence-corrected chi connectivity index (χ2v) is 8.93. The topological polar surface area (TPSA) is 63.2 Å². The highest BCUT2D eigenvalue weighted by Crippen LogP contribution is 2.30. The molecule has 0 atom stereocenters. The second-order valence-electron chi connectivity index (χ2n) is 8.93. The lowest BCUT2D eigenvalue weighted by atomic mass is 10.1.